The van der Waals surface area contributed by atoms with Crippen LogP contribution in [0.25, 0.3) is 0 Å². The molecule has 4 nitrogen and oxygen atoms in total. The summed E-state index contributed by atoms with van der Waals surface area (Å²) in [6.45, 7) is 0. The molecule has 1 aliphatic rings. The van der Waals surface area contributed by atoms with E-state index in [0.29, 0.717) is 0 Å². The van der Waals surface area contributed by atoms with Crippen LogP contribution in [-0.2, 0) is 0 Å². The Balaban J connectivity index is 1.74. The van der Waals surface area contributed by atoms with Gasteiger partial charge in [-0.1, -0.05) is 30.3 Å². The number of hydrazine groups is 1. The standard InChI is InChI=1S/C16H19N3O/c1-20-12-8-6-11(7-9-12)15-10-16(19-18-15)13-4-2-3-5-14(13)17/h2-9,15-16,18-19H,10,17H2,1H3. The Morgan fingerprint density at radius 1 is 1.00 bits per heavy atom. The molecule has 0 radical (unpaired) electrons. The molecular weight excluding hydrogens is 250 g/mol. The van der Waals surface area contributed by atoms with Gasteiger partial charge in [0.05, 0.1) is 13.2 Å². The molecule has 0 bridgehead atoms. The fraction of sp³-hybridized carbons (Fsp3) is 0.250. The topological polar surface area (TPSA) is 59.3 Å². The Bertz CT molecular complexity index is 583. The van der Waals surface area contributed by atoms with Crippen LogP contribution < -0.4 is 21.3 Å². The SMILES string of the molecule is COc1ccc(C2CC(c3ccccc3N)NN2)cc1. The number of rotatable bonds is 3. The van der Waals surface area contributed by atoms with Crippen molar-refractivity contribution in [1.82, 2.24) is 10.9 Å². The summed E-state index contributed by atoms with van der Waals surface area (Å²) < 4.78 is 5.19. The van der Waals surface area contributed by atoms with Crippen molar-refractivity contribution in [1.29, 1.82) is 0 Å². The maximum Gasteiger partial charge on any atom is 0.118 e. The Kier molecular flexibility index (Phi) is 3.58. The molecule has 0 aromatic heterocycles. The average molecular weight is 269 g/mol. The molecule has 2 unspecified atom stereocenters. The zero-order valence-electron chi connectivity index (χ0n) is 11.5. The van der Waals surface area contributed by atoms with Gasteiger partial charge in [0.1, 0.15) is 5.75 Å². The van der Waals surface area contributed by atoms with Gasteiger partial charge in [-0.25, -0.2) is 10.9 Å². The monoisotopic (exact) mass is 269 g/mol. The minimum Gasteiger partial charge on any atom is -0.497 e. The van der Waals surface area contributed by atoms with Crippen LogP contribution in [0, 0.1) is 0 Å². The highest BCUT2D eigenvalue weighted by Gasteiger charge is 2.27. The number of nitrogen functional groups attached to an aromatic ring is 1. The first-order valence-corrected chi connectivity index (χ1v) is 6.77. The first kappa shape index (κ1) is 13.0. The van der Waals surface area contributed by atoms with Crippen molar-refractivity contribution in [3.05, 3.63) is 59.7 Å². The maximum absolute atomic E-state index is 6.04. The lowest BCUT2D eigenvalue weighted by Gasteiger charge is -2.12. The lowest BCUT2D eigenvalue weighted by molar-refractivity contribution is 0.414. The normalized spacial score (nSPS) is 21.9. The first-order chi connectivity index (χ1) is 9.78. The van der Waals surface area contributed by atoms with Crippen molar-refractivity contribution in [2.24, 2.45) is 0 Å². The van der Waals surface area contributed by atoms with Gasteiger partial charge in [0.2, 0.25) is 0 Å². The summed E-state index contributed by atoms with van der Waals surface area (Å²) in [5, 5.41) is 0. The zero-order chi connectivity index (χ0) is 13.9. The molecule has 1 saturated heterocycles. The van der Waals surface area contributed by atoms with E-state index in [0.717, 1.165) is 23.4 Å². The molecule has 20 heavy (non-hydrogen) atoms. The molecule has 2 aromatic carbocycles. The van der Waals surface area contributed by atoms with Gasteiger partial charge in [0, 0.05) is 11.7 Å². The minimum absolute atomic E-state index is 0.239. The van der Waals surface area contributed by atoms with Gasteiger partial charge < -0.3 is 10.5 Å². The van der Waals surface area contributed by atoms with Gasteiger partial charge in [-0.2, -0.15) is 0 Å². The third-order valence-corrected chi connectivity index (χ3v) is 3.79. The van der Waals surface area contributed by atoms with Crippen molar-refractivity contribution in [2.45, 2.75) is 18.5 Å². The summed E-state index contributed by atoms with van der Waals surface area (Å²) in [5.41, 5.74) is 15.9. The molecule has 0 saturated carbocycles. The Labute approximate surface area is 118 Å². The fourth-order valence-corrected chi connectivity index (χ4v) is 2.64. The van der Waals surface area contributed by atoms with Gasteiger partial charge in [-0.15, -0.1) is 0 Å². The van der Waals surface area contributed by atoms with Crippen LogP contribution in [0.15, 0.2) is 48.5 Å². The van der Waals surface area contributed by atoms with E-state index in [9.17, 15) is 0 Å². The number of benzene rings is 2. The van der Waals surface area contributed by atoms with Gasteiger partial charge in [0.15, 0.2) is 0 Å². The van der Waals surface area contributed by atoms with E-state index in [1.54, 1.807) is 7.11 Å². The van der Waals surface area contributed by atoms with Crippen molar-refractivity contribution in [2.75, 3.05) is 12.8 Å². The third kappa shape index (κ3) is 2.48. The second kappa shape index (κ2) is 5.53. The molecule has 1 heterocycles. The minimum atomic E-state index is 0.239. The average Bonchev–Trinajstić information content (AvgIpc) is 2.97. The molecule has 104 valence electrons. The van der Waals surface area contributed by atoms with Crippen molar-refractivity contribution >= 4 is 5.69 Å². The summed E-state index contributed by atoms with van der Waals surface area (Å²) in [4.78, 5) is 0. The van der Waals surface area contributed by atoms with Gasteiger partial charge >= 0.3 is 0 Å². The number of para-hydroxylation sites is 1. The molecule has 2 atom stereocenters. The number of hydrogen-bond donors (Lipinski definition) is 3. The van der Waals surface area contributed by atoms with Crippen LogP contribution in [0.4, 0.5) is 5.69 Å². The van der Waals surface area contributed by atoms with Crippen LogP contribution in [0.5, 0.6) is 5.75 Å². The Morgan fingerprint density at radius 2 is 1.70 bits per heavy atom. The second-order valence-electron chi connectivity index (χ2n) is 5.03. The number of ether oxygens (including phenoxy) is 1. The first-order valence-electron chi connectivity index (χ1n) is 6.77. The highest BCUT2D eigenvalue weighted by molar-refractivity contribution is 5.48. The molecule has 1 aliphatic heterocycles. The predicted molar refractivity (Wildman–Crippen MR) is 80.2 cm³/mol. The van der Waals surface area contributed by atoms with Crippen LogP contribution in [0.3, 0.4) is 0 Å². The Hall–Kier alpha value is -2.04. The highest BCUT2D eigenvalue weighted by atomic mass is 16.5. The highest BCUT2D eigenvalue weighted by Crippen LogP contribution is 2.33. The van der Waals surface area contributed by atoms with Crippen LogP contribution in [0.1, 0.15) is 29.6 Å². The predicted octanol–water partition coefficient (Wildman–Crippen LogP) is 2.56. The maximum atomic E-state index is 6.04. The van der Waals surface area contributed by atoms with E-state index in [4.69, 9.17) is 10.5 Å². The quantitative estimate of drug-likeness (QED) is 0.750. The fourth-order valence-electron chi connectivity index (χ4n) is 2.64. The van der Waals surface area contributed by atoms with E-state index in [1.807, 2.05) is 30.3 Å². The van der Waals surface area contributed by atoms with Crippen LogP contribution >= 0.6 is 0 Å². The van der Waals surface area contributed by atoms with Crippen molar-refractivity contribution in [3.63, 3.8) is 0 Å². The second-order valence-corrected chi connectivity index (χ2v) is 5.03. The molecule has 4 heteroatoms. The smallest absolute Gasteiger partial charge is 0.118 e. The molecule has 0 aliphatic carbocycles. The van der Waals surface area contributed by atoms with E-state index < -0.39 is 0 Å². The summed E-state index contributed by atoms with van der Waals surface area (Å²) in [7, 11) is 1.68. The molecule has 1 fully saturated rings. The summed E-state index contributed by atoms with van der Waals surface area (Å²) in [6, 6.07) is 16.7. The van der Waals surface area contributed by atoms with E-state index >= 15 is 0 Å². The molecular formula is C16H19N3O. The molecule has 2 aromatic rings. The van der Waals surface area contributed by atoms with Crippen LogP contribution in [0.2, 0.25) is 0 Å². The van der Waals surface area contributed by atoms with E-state index in [1.165, 1.54) is 5.56 Å². The summed E-state index contributed by atoms with van der Waals surface area (Å²) in [5.74, 6) is 0.878. The zero-order valence-corrected chi connectivity index (χ0v) is 11.5. The molecule has 0 amide bonds. The molecule has 0 spiro atoms. The van der Waals surface area contributed by atoms with Crippen LogP contribution in [-0.4, -0.2) is 7.11 Å². The van der Waals surface area contributed by atoms with Gasteiger partial charge in [-0.3, -0.25) is 0 Å². The molecule has 3 rings (SSSR count). The third-order valence-electron chi connectivity index (χ3n) is 3.79. The number of methoxy groups -OCH3 is 1. The Morgan fingerprint density at radius 3 is 2.40 bits per heavy atom. The number of nitrogens with two attached hydrogens (primary N) is 1. The number of nitrogens with one attached hydrogen (secondary N) is 2. The summed E-state index contributed by atoms with van der Waals surface area (Å²) >= 11 is 0. The lowest BCUT2D eigenvalue weighted by atomic mass is 9.97. The number of anilines is 1. The largest absolute Gasteiger partial charge is 0.497 e. The number of hydrogen-bond acceptors (Lipinski definition) is 4. The lowest BCUT2D eigenvalue weighted by Crippen LogP contribution is -2.27. The summed E-state index contributed by atoms with van der Waals surface area (Å²) in [6.07, 6.45) is 0.973. The van der Waals surface area contributed by atoms with Crippen molar-refractivity contribution in [3.8, 4) is 5.75 Å². The van der Waals surface area contributed by atoms with Gasteiger partial charge in [0.25, 0.3) is 0 Å². The van der Waals surface area contributed by atoms with E-state index in [2.05, 4.69) is 29.1 Å². The van der Waals surface area contributed by atoms with Crippen molar-refractivity contribution < 1.29 is 4.74 Å². The molecule has 4 N–H and O–H groups in total. The van der Waals surface area contributed by atoms with E-state index in [-0.39, 0.29) is 12.1 Å². The van der Waals surface area contributed by atoms with Gasteiger partial charge in [-0.05, 0) is 35.7 Å².